The summed E-state index contributed by atoms with van der Waals surface area (Å²) in [5.74, 6) is 5.35. The largest absolute Gasteiger partial charge is 0.481 e. The summed E-state index contributed by atoms with van der Waals surface area (Å²) < 4.78 is 17.8. The van der Waals surface area contributed by atoms with Gasteiger partial charge in [0, 0.05) is 18.5 Å². The normalized spacial score (nSPS) is 24.5. The van der Waals surface area contributed by atoms with Crippen LogP contribution in [0.2, 0.25) is 0 Å². The molecule has 0 saturated carbocycles. The Morgan fingerprint density at radius 1 is 1.44 bits per heavy atom. The molecular weight excluding hydrogens is 363 g/mol. The summed E-state index contributed by atoms with van der Waals surface area (Å²) in [6.07, 6.45) is 11.8. The van der Waals surface area contributed by atoms with E-state index < -0.39 is 12.6 Å². The zero-order valence-electron chi connectivity index (χ0n) is 15.7. The molecule has 27 heavy (non-hydrogen) atoms. The molecule has 0 aromatic carbocycles. The minimum absolute atomic E-state index is 0.0388. The van der Waals surface area contributed by atoms with Crippen molar-refractivity contribution in [3.63, 3.8) is 0 Å². The molecule has 0 fully saturated rings. The number of aliphatic carboxylic acids is 1. The monoisotopic (exact) mass is 386 g/mol. The second-order valence-electron chi connectivity index (χ2n) is 6.10. The Hall–Kier alpha value is -2.29. The molecule has 2 aliphatic carbocycles. The fourth-order valence-electron chi connectivity index (χ4n) is 3.07. The minimum Gasteiger partial charge on any atom is -0.481 e. The number of carboxylic acid groups (broad SMARTS) is 1. The van der Waals surface area contributed by atoms with Crippen LogP contribution in [-0.4, -0.2) is 30.1 Å². The van der Waals surface area contributed by atoms with Crippen molar-refractivity contribution in [1.29, 1.82) is 0 Å². The summed E-state index contributed by atoms with van der Waals surface area (Å²) in [4.78, 5) is 11.2. The van der Waals surface area contributed by atoms with Crippen molar-refractivity contribution in [2.75, 3.05) is 13.8 Å². The lowest BCUT2D eigenvalue weighted by Crippen LogP contribution is -1.98. The molecular formula is C22H23FO3S. The van der Waals surface area contributed by atoms with Crippen molar-refractivity contribution in [2.24, 2.45) is 0 Å². The van der Waals surface area contributed by atoms with Crippen LogP contribution in [0.25, 0.3) is 0 Å². The Labute approximate surface area is 164 Å². The molecule has 0 radical (unpaired) electrons. The molecule has 2 rings (SSSR count). The van der Waals surface area contributed by atoms with E-state index in [9.17, 15) is 14.3 Å². The summed E-state index contributed by atoms with van der Waals surface area (Å²) in [6, 6.07) is 0. The van der Waals surface area contributed by atoms with Crippen molar-refractivity contribution < 1.29 is 18.5 Å². The first-order valence-electron chi connectivity index (χ1n) is 8.61. The van der Waals surface area contributed by atoms with Gasteiger partial charge in [-0.25, -0.2) is 4.39 Å². The van der Waals surface area contributed by atoms with Crippen LogP contribution in [0.4, 0.5) is 4.39 Å². The van der Waals surface area contributed by atoms with Crippen LogP contribution < -0.4 is 0 Å². The number of allylic oxidation sites excluding steroid dienone is 10. The Morgan fingerprint density at radius 3 is 2.89 bits per heavy atom. The number of carboxylic acids is 1. The van der Waals surface area contributed by atoms with E-state index in [1.54, 1.807) is 13.2 Å². The lowest BCUT2D eigenvalue weighted by molar-refractivity contribution is -0.136. The van der Waals surface area contributed by atoms with Gasteiger partial charge in [0.25, 0.3) is 0 Å². The first-order valence-corrected chi connectivity index (χ1v) is 9.42. The molecule has 0 heterocycles. The van der Waals surface area contributed by atoms with Gasteiger partial charge in [-0.15, -0.1) is 0 Å². The van der Waals surface area contributed by atoms with Gasteiger partial charge in [-0.3, -0.25) is 4.79 Å². The van der Waals surface area contributed by atoms with E-state index in [0.717, 1.165) is 33.4 Å². The van der Waals surface area contributed by atoms with Gasteiger partial charge in [0.2, 0.25) is 0 Å². The van der Waals surface area contributed by atoms with Gasteiger partial charge in [-0.2, -0.15) is 0 Å². The number of hydrogen-bond donors (Lipinski definition) is 1. The standard InChI is InChI=1S/C22H23FO3S/c1-15-19(9-6-12-23)21(16(2)20(15)14-22(24)25)13-17-7-4-5-8-18(11-10-17)27-26-3/h6-7,9-11,13,18H,4,12,14H2,1-3H3,(H,24,25)/b9-6-,11-10-,17-7+,21-13+. The van der Waals surface area contributed by atoms with Gasteiger partial charge in [0.1, 0.15) is 11.9 Å². The molecule has 3 nitrogen and oxygen atoms in total. The summed E-state index contributed by atoms with van der Waals surface area (Å²) >= 11 is 1.29. The second-order valence-corrected chi connectivity index (χ2v) is 7.13. The first-order chi connectivity index (χ1) is 13.0. The smallest absolute Gasteiger partial charge is 0.307 e. The number of carbonyl (C=O) groups is 1. The number of hydrogen-bond acceptors (Lipinski definition) is 3. The second kappa shape index (κ2) is 10.1. The highest BCUT2D eigenvalue weighted by atomic mass is 32.2. The van der Waals surface area contributed by atoms with E-state index in [0.29, 0.717) is 6.42 Å². The molecule has 0 amide bonds. The van der Waals surface area contributed by atoms with Crippen molar-refractivity contribution in [3.8, 4) is 11.8 Å². The predicted octanol–water partition coefficient (Wildman–Crippen LogP) is 5.11. The fraction of sp³-hybridized carbons (Fsp3) is 0.318. The van der Waals surface area contributed by atoms with Crippen LogP contribution in [0.3, 0.4) is 0 Å². The summed E-state index contributed by atoms with van der Waals surface area (Å²) in [7, 11) is 1.62. The van der Waals surface area contributed by atoms with Crippen molar-refractivity contribution in [2.45, 2.75) is 31.9 Å². The van der Waals surface area contributed by atoms with Gasteiger partial charge in [-0.1, -0.05) is 42.2 Å². The lowest BCUT2D eigenvalue weighted by Gasteiger charge is -2.08. The van der Waals surface area contributed by atoms with Crippen molar-refractivity contribution >= 4 is 18.0 Å². The highest BCUT2D eigenvalue weighted by Gasteiger charge is 2.24. The molecule has 0 saturated heterocycles. The minimum atomic E-state index is -0.876. The number of alkyl halides is 1. The van der Waals surface area contributed by atoms with Gasteiger partial charge < -0.3 is 9.29 Å². The molecule has 1 N–H and O–H groups in total. The first kappa shape index (κ1) is 21.0. The lowest BCUT2D eigenvalue weighted by atomic mass is 9.98. The maximum absolute atomic E-state index is 12.7. The Balaban J connectivity index is 2.45. The van der Waals surface area contributed by atoms with Gasteiger partial charge >= 0.3 is 5.97 Å². The summed E-state index contributed by atoms with van der Waals surface area (Å²) in [5.41, 5.74) is 5.36. The number of rotatable bonds is 7. The summed E-state index contributed by atoms with van der Waals surface area (Å²) in [6.45, 7) is 3.24. The molecule has 5 heteroatoms. The van der Waals surface area contributed by atoms with E-state index in [2.05, 4.69) is 11.8 Å². The van der Waals surface area contributed by atoms with E-state index in [1.165, 1.54) is 18.1 Å². The molecule has 2 aliphatic rings. The molecule has 142 valence electrons. The SMILES string of the molecule is COSC1C#CC/C=C(/C=C2\C(C)=C(CC(=O)O)C(C)=C2/C=C\CF)\C=C/1. The quantitative estimate of drug-likeness (QED) is 0.488. The Bertz CT molecular complexity index is 845. The van der Waals surface area contributed by atoms with E-state index in [-0.39, 0.29) is 11.7 Å². The van der Waals surface area contributed by atoms with Crippen LogP contribution in [0.5, 0.6) is 0 Å². The third-order valence-electron chi connectivity index (χ3n) is 4.36. The third-order valence-corrected chi connectivity index (χ3v) is 5.04. The van der Waals surface area contributed by atoms with E-state index >= 15 is 0 Å². The zero-order valence-corrected chi connectivity index (χ0v) is 16.5. The zero-order chi connectivity index (χ0) is 19.8. The average Bonchev–Trinajstić information content (AvgIpc) is 2.82. The molecule has 0 aromatic rings. The van der Waals surface area contributed by atoms with Gasteiger partial charge in [0.05, 0.1) is 13.5 Å². The molecule has 0 aromatic heterocycles. The maximum Gasteiger partial charge on any atom is 0.307 e. The van der Waals surface area contributed by atoms with Crippen LogP contribution in [0.15, 0.2) is 69.9 Å². The van der Waals surface area contributed by atoms with E-state index in [1.807, 2.05) is 38.2 Å². The third kappa shape index (κ3) is 5.59. The number of halogens is 1. The average molecular weight is 386 g/mol. The van der Waals surface area contributed by atoms with Gasteiger partial charge in [-0.05, 0) is 53.4 Å². The highest BCUT2D eigenvalue weighted by Crippen LogP contribution is 2.39. The molecule has 0 bridgehead atoms. The van der Waals surface area contributed by atoms with Crippen LogP contribution in [-0.2, 0) is 8.98 Å². The van der Waals surface area contributed by atoms with Gasteiger partial charge in [0.15, 0.2) is 0 Å². The van der Waals surface area contributed by atoms with Crippen molar-refractivity contribution in [1.82, 2.24) is 0 Å². The Morgan fingerprint density at radius 2 is 2.22 bits per heavy atom. The maximum atomic E-state index is 12.7. The fourth-order valence-corrected chi connectivity index (χ4v) is 3.55. The Kier molecular flexibility index (Phi) is 7.90. The van der Waals surface area contributed by atoms with E-state index in [4.69, 9.17) is 4.18 Å². The molecule has 0 spiro atoms. The van der Waals surface area contributed by atoms with Crippen LogP contribution in [0.1, 0.15) is 26.7 Å². The van der Waals surface area contributed by atoms with Crippen molar-refractivity contribution in [3.05, 3.63) is 69.9 Å². The van der Waals surface area contributed by atoms with Crippen LogP contribution >= 0.6 is 12.0 Å². The topological polar surface area (TPSA) is 46.5 Å². The molecule has 0 aliphatic heterocycles. The predicted molar refractivity (Wildman–Crippen MR) is 109 cm³/mol. The van der Waals surface area contributed by atoms with Crippen LogP contribution in [0, 0.1) is 11.8 Å². The molecule has 1 atom stereocenters. The molecule has 1 unspecified atom stereocenters. The summed E-state index contributed by atoms with van der Waals surface area (Å²) in [5, 5.41) is 9.18. The highest BCUT2D eigenvalue weighted by molar-refractivity contribution is 7.95.